The van der Waals surface area contributed by atoms with Crippen LogP contribution in [0.5, 0.6) is 0 Å². The highest BCUT2D eigenvalue weighted by atomic mass is 32.2. The third-order valence-electron chi connectivity index (χ3n) is 1.02. The molecule has 0 aliphatic rings. The van der Waals surface area contributed by atoms with Crippen LogP contribution < -0.4 is 5.73 Å². The molecule has 11 heavy (non-hydrogen) atoms. The molecule has 0 atom stereocenters. The summed E-state index contributed by atoms with van der Waals surface area (Å²) in [5.41, 5.74) is 5.39. The summed E-state index contributed by atoms with van der Waals surface area (Å²) >= 11 is 1.71. The first-order valence-corrected chi connectivity index (χ1v) is 4.59. The molecule has 0 unspecified atom stereocenters. The van der Waals surface area contributed by atoms with Gasteiger partial charge in [0, 0.05) is 7.05 Å². The van der Waals surface area contributed by atoms with Crippen LogP contribution in [-0.2, 0) is 0 Å². The predicted octanol–water partition coefficient (Wildman–Crippen LogP) is 1.49. The van der Waals surface area contributed by atoms with Crippen LogP contribution in [0.3, 0.4) is 0 Å². The van der Waals surface area contributed by atoms with Crippen molar-refractivity contribution in [3.05, 3.63) is 0 Å². The van der Waals surface area contributed by atoms with E-state index in [1.54, 1.807) is 18.8 Å². The molecule has 2 N–H and O–H groups in total. The maximum atomic E-state index is 5.39. The molecule has 0 heterocycles. The molecule has 0 aromatic heterocycles. The van der Waals surface area contributed by atoms with Crippen molar-refractivity contribution in [2.24, 2.45) is 15.7 Å². The molecular weight excluding hydrogens is 158 g/mol. The molecule has 0 bridgehead atoms. The van der Waals surface area contributed by atoms with E-state index >= 15 is 0 Å². The zero-order chi connectivity index (χ0) is 8.69. The monoisotopic (exact) mass is 173 g/mol. The Kier molecular flexibility index (Phi) is 5.93. The molecule has 0 fully saturated rings. The van der Waals surface area contributed by atoms with Crippen LogP contribution in [0.15, 0.2) is 9.98 Å². The summed E-state index contributed by atoms with van der Waals surface area (Å²) in [4.78, 5) is 7.77. The number of rotatable bonds is 2. The van der Waals surface area contributed by atoms with Gasteiger partial charge in [0.1, 0.15) is 0 Å². The lowest BCUT2D eigenvalue weighted by Gasteiger charge is -1.96. The second kappa shape index (κ2) is 6.22. The quantitative estimate of drug-likeness (QED) is 0.508. The van der Waals surface area contributed by atoms with E-state index in [9.17, 15) is 0 Å². The SMILES string of the molecule is CCCS/C(C)=N/C(N)=NC. The fourth-order valence-corrected chi connectivity index (χ4v) is 1.15. The summed E-state index contributed by atoms with van der Waals surface area (Å²) in [6.45, 7) is 4.08. The lowest BCUT2D eigenvalue weighted by Crippen LogP contribution is -2.09. The van der Waals surface area contributed by atoms with Crippen LogP contribution in [0.1, 0.15) is 20.3 Å². The summed E-state index contributed by atoms with van der Waals surface area (Å²) < 4.78 is 0. The summed E-state index contributed by atoms with van der Waals surface area (Å²) in [5.74, 6) is 1.44. The molecular formula is C7H15N3S. The van der Waals surface area contributed by atoms with E-state index in [4.69, 9.17) is 5.73 Å². The Morgan fingerprint density at radius 3 is 2.64 bits per heavy atom. The van der Waals surface area contributed by atoms with Crippen molar-refractivity contribution in [1.82, 2.24) is 0 Å². The lowest BCUT2D eigenvalue weighted by atomic mass is 10.6. The van der Waals surface area contributed by atoms with Crippen molar-refractivity contribution < 1.29 is 0 Å². The minimum Gasteiger partial charge on any atom is -0.368 e. The highest BCUT2D eigenvalue weighted by Gasteiger charge is 1.91. The van der Waals surface area contributed by atoms with Crippen molar-refractivity contribution in [3.8, 4) is 0 Å². The Balaban J connectivity index is 3.80. The van der Waals surface area contributed by atoms with Crippen LogP contribution >= 0.6 is 11.8 Å². The van der Waals surface area contributed by atoms with Crippen molar-refractivity contribution >= 4 is 22.8 Å². The van der Waals surface area contributed by atoms with E-state index in [0.717, 1.165) is 17.2 Å². The average molecular weight is 173 g/mol. The van der Waals surface area contributed by atoms with E-state index in [0.29, 0.717) is 5.96 Å². The maximum Gasteiger partial charge on any atom is 0.215 e. The lowest BCUT2D eigenvalue weighted by molar-refractivity contribution is 1.11. The first kappa shape index (κ1) is 10.5. The van der Waals surface area contributed by atoms with E-state index in [1.807, 2.05) is 6.92 Å². The van der Waals surface area contributed by atoms with Crippen LogP contribution in [0.25, 0.3) is 0 Å². The number of aliphatic imine (C=N–C) groups is 2. The molecule has 0 radical (unpaired) electrons. The second-order valence-corrected chi connectivity index (χ2v) is 3.35. The minimum atomic E-state index is 0.353. The van der Waals surface area contributed by atoms with Crippen molar-refractivity contribution in [3.63, 3.8) is 0 Å². The normalized spacial score (nSPS) is 13.7. The molecule has 0 saturated heterocycles. The van der Waals surface area contributed by atoms with Crippen LogP contribution in [0.4, 0.5) is 0 Å². The van der Waals surface area contributed by atoms with E-state index in [-0.39, 0.29) is 0 Å². The van der Waals surface area contributed by atoms with E-state index in [1.165, 1.54) is 0 Å². The smallest absolute Gasteiger partial charge is 0.215 e. The van der Waals surface area contributed by atoms with Gasteiger partial charge in [-0.05, 0) is 19.1 Å². The molecule has 0 amide bonds. The van der Waals surface area contributed by atoms with Gasteiger partial charge >= 0.3 is 0 Å². The number of nitrogens with two attached hydrogens (primary N) is 1. The highest BCUT2D eigenvalue weighted by molar-refractivity contribution is 8.13. The zero-order valence-electron chi connectivity index (χ0n) is 7.29. The van der Waals surface area contributed by atoms with Gasteiger partial charge in [-0.3, -0.25) is 4.99 Å². The summed E-state index contributed by atoms with van der Waals surface area (Å²) in [6, 6.07) is 0. The van der Waals surface area contributed by atoms with Gasteiger partial charge in [-0.2, -0.15) is 0 Å². The fraction of sp³-hybridized carbons (Fsp3) is 0.714. The highest BCUT2D eigenvalue weighted by Crippen LogP contribution is 2.04. The summed E-state index contributed by atoms with van der Waals surface area (Å²) in [6.07, 6.45) is 1.15. The molecule has 0 aliphatic heterocycles. The molecule has 0 spiro atoms. The van der Waals surface area contributed by atoms with Gasteiger partial charge in [-0.25, -0.2) is 4.99 Å². The third kappa shape index (κ3) is 5.91. The molecule has 3 nitrogen and oxygen atoms in total. The number of hydrogen-bond acceptors (Lipinski definition) is 2. The van der Waals surface area contributed by atoms with E-state index < -0.39 is 0 Å². The van der Waals surface area contributed by atoms with Gasteiger partial charge in [0.05, 0.1) is 5.04 Å². The van der Waals surface area contributed by atoms with Gasteiger partial charge in [0.2, 0.25) is 5.96 Å². The third-order valence-corrected chi connectivity index (χ3v) is 2.14. The predicted molar refractivity (Wildman–Crippen MR) is 53.4 cm³/mol. The van der Waals surface area contributed by atoms with Gasteiger partial charge in [-0.1, -0.05) is 6.92 Å². The first-order chi connectivity index (χ1) is 5.20. The molecule has 4 heteroatoms. The Morgan fingerprint density at radius 2 is 2.18 bits per heavy atom. The van der Waals surface area contributed by atoms with Gasteiger partial charge in [-0.15, -0.1) is 11.8 Å². The summed E-state index contributed by atoms with van der Waals surface area (Å²) in [7, 11) is 1.64. The zero-order valence-corrected chi connectivity index (χ0v) is 8.11. The van der Waals surface area contributed by atoms with Crippen LogP contribution in [-0.4, -0.2) is 23.8 Å². The fourth-order valence-electron chi connectivity index (χ4n) is 0.493. The average Bonchev–Trinajstić information content (AvgIpc) is 2.00. The number of guanidine groups is 1. The standard InChI is InChI=1S/C7H15N3S/c1-4-5-11-6(2)10-7(8)9-3/h4-5H2,1-3H3,(H2,8,9)/b10-6+. The summed E-state index contributed by atoms with van der Waals surface area (Å²) in [5, 5.41) is 0.981. The number of thioether (sulfide) groups is 1. The molecule has 0 rings (SSSR count). The Bertz CT molecular complexity index is 163. The van der Waals surface area contributed by atoms with Gasteiger partial charge in [0.25, 0.3) is 0 Å². The van der Waals surface area contributed by atoms with E-state index in [2.05, 4.69) is 16.9 Å². The molecule has 64 valence electrons. The Labute approximate surface area is 72.2 Å². The van der Waals surface area contributed by atoms with Crippen molar-refractivity contribution in [2.75, 3.05) is 12.8 Å². The van der Waals surface area contributed by atoms with Gasteiger partial charge in [0.15, 0.2) is 0 Å². The number of hydrogen-bond donors (Lipinski definition) is 1. The number of nitrogens with zero attached hydrogens (tertiary/aromatic N) is 2. The van der Waals surface area contributed by atoms with Gasteiger partial charge < -0.3 is 5.73 Å². The maximum absolute atomic E-state index is 5.39. The van der Waals surface area contributed by atoms with Crippen LogP contribution in [0.2, 0.25) is 0 Å². The van der Waals surface area contributed by atoms with Crippen LogP contribution in [0, 0.1) is 0 Å². The molecule has 0 aromatic rings. The van der Waals surface area contributed by atoms with Crippen molar-refractivity contribution in [2.45, 2.75) is 20.3 Å². The minimum absolute atomic E-state index is 0.353. The molecule has 0 aliphatic carbocycles. The topological polar surface area (TPSA) is 50.7 Å². The second-order valence-electron chi connectivity index (χ2n) is 2.06. The Hall–Kier alpha value is -0.510. The van der Waals surface area contributed by atoms with Crippen molar-refractivity contribution in [1.29, 1.82) is 0 Å². The molecule has 0 saturated carbocycles. The first-order valence-electron chi connectivity index (χ1n) is 3.61. The largest absolute Gasteiger partial charge is 0.368 e. The molecule has 0 aromatic carbocycles. The Morgan fingerprint density at radius 1 is 1.55 bits per heavy atom.